The van der Waals surface area contributed by atoms with Crippen molar-refractivity contribution in [3.63, 3.8) is 0 Å². The van der Waals surface area contributed by atoms with Crippen molar-refractivity contribution in [2.24, 2.45) is 0 Å². The van der Waals surface area contributed by atoms with Gasteiger partial charge in [-0.2, -0.15) is 13.2 Å². The molecule has 0 atom stereocenters. The maximum Gasteiger partial charge on any atom is 0.490 e. The molecule has 2 heterocycles. The number of rotatable bonds is 4. The van der Waals surface area contributed by atoms with Crippen molar-refractivity contribution >= 4 is 24.0 Å². The Labute approximate surface area is 180 Å². The Morgan fingerprint density at radius 3 is 2.19 bits per heavy atom. The number of carboxylic acid groups (broad SMARTS) is 1. The zero-order chi connectivity index (χ0) is 24.1. The number of hydrogen-bond donors (Lipinski definition) is 2. The lowest BCUT2D eigenvalue weighted by Crippen LogP contribution is -2.40. The van der Waals surface area contributed by atoms with Gasteiger partial charge in [0.05, 0.1) is 5.69 Å². The molecular formula is C21H19F4N3O4. The fourth-order valence-corrected chi connectivity index (χ4v) is 2.57. The number of carbonyl (C=O) groups excluding carboxylic acids is 2. The van der Waals surface area contributed by atoms with E-state index in [9.17, 15) is 27.2 Å². The summed E-state index contributed by atoms with van der Waals surface area (Å²) in [5.41, 5.74) is 1.56. The molecule has 3 amide bonds. The minimum Gasteiger partial charge on any atom is -0.475 e. The molecule has 0 spiro atoms. The molecule has 2 N–H and O–H groups in total. The predicted octanol–water partition coefficient (Wildman–Crippen LogP) is 3.86. The maximum absolute atomic E-state index is 13.0. The first kappa shape index (κ1) is 24.5. The highest BCUT2D eigenvalue weighted by molar-refractivity contribution is 6.06. The third kappa shape index (κ3) is 6.37. The van der Waals surface area contributed by atoms with E-state index in [0.29, 0.717) is 0 Å². The molecule has 1 aromatic carbocycles. The van der Waals surface area contributed by atoms with Gasteiger partial charge in [0.25, 0.3) is 5.91 Å². The number of pyridine rings is 1. The standard InChI is InChI=1S/C19H18FN3O2.C2HF3O2/c1-19(2)17(24)23(18(25)22-19)11-3-4-13-5-10-16(21-12-13)14-6-8-15(20)9-7-14;3-2(4,5)1(6)7/h3-10,12H,11H2,1-2H3,(H,22,25);(H,6,7)/b4-3+;. The lowest BCUT2D eigenvalue weighted by Gasteiger charge is -2.14. The van der Waals surface area contributed by atoms with Gasteiger partial charge in [-0.3, -0.25) is 14.7 Å². The van der Waals surface area contributed by atoms with Gasteiger partial charge in [-0.05, 0) is 49.7 Å². The summed E-state index contributed by atoms with van der Waals surface area (Å²) in [6, 6.07) is 9.46. The smallest absolute Gasteiger partial charge is 0.475 e. The molecule has 1 aliphatic heterocycles. The normalized spacial score (nSPS) is 15.4. The lowest BCUT2D eigenvalue weighted by molar-refractivity contribution is -0.192. The van der Waals surface area contributed by atoms with Gasteiger partial charge in [0.2, 0.25) is 0 Å². The molecule has 1 aromatic heterocycles. The van der Waals surface area contributed by atoms with Crippen molar-refractivity contribution < 1.29 is 37.1 Å². The highest BCUT2D eigenvalue weighted by atomic mass is 19.4. The number of hydrogen-bond acceptors (Lipinski definition) is 4. The Kier molecular flexibility index (Phi) is 7.34. The molecule has 0 saturated carbocycles. The van der Waals surface area contributed by atoms with E-state index < -0.39 is 17.7 Å². The summed E-state index contributed by atoms with van der Waals surface area (Å²) >= 11 is 0. The van der Waals surface area contributed by atoms with E-state index in [1.54, 1.807) is 44.3 Å². The number of nitrogens with one attached hydrogen (secondary N) is 1. The van der Waals surface area contributed by atoms with Gasteiger partial charge in [-0.1, -0.05) is 18.2 Å². The molecule has 2 aromatic rings. The second-order valence-corrected chi connectivity index (χ2v) is 7.16. The van der Waals surface area contributed by atoms with E-state index in [1.807, 2.05) is 12.1 Å². The Morgan fingerprint density at radius 2 is 1.75 bits per heavy atom. The Hall–Kier alpha value is -3.76. The van der Waals surface area contributed by atoms with Crippen LogP contribution in [0.3, 0.4) is 0 Å². The Balaban J connectivity index is 0.000000451. The van der Waals surface area contributed by atoms with Crippen molar-refractivity contribution in [1.29, 1.82) is 0 Å². The number of aromatic nitrogens is 1. The molecule has 1 aliphatic rings. The van der Waals surface area contributed by atoms with E-state index in [-0.39, 0.29) is 24.3 Å². The first-order valence-corrected chi connectivity index (χ1v) is 9.14. The number of aliphatic carboxylic acids is 1. The van der Waals surface area contributed by atoms with E-state index >= 15 is 0 Å². The van der Waals surface area contributed by atoms with Gasteiger partial charge in [-0.15, -0.1) is 0 Å². The summed E-state index contributed by atoms with van der Waals surface area (Å²) in [4.78, 5) is 38.3. The average molecular weight is 453 g/mol. The second-order valence-electron chi connectivity index (χ2n) is 7.16. The van der Waals surface area contributed by atoms with Crippen LogP contribution in [0.4, 0.5) is 22.4 Å². The van der Waals surface area contributed by atoms with E-state index in [2.05, 4.69) is 10.3 Å². The molecule has 170 valence electrons. The number of urea groups is 1. The number of imide groups is 1. The molecule has 1 fully saturated rings. The number of halogens is 4. The van der Waals surface area contributed by atoms with Gasteiger partial charge in [0.15, 0.2) is 0 Å². The van der Waals surface area contributed by atoms with Crippen LogP contribution in [0.25, 0.3) is 17.3 Å². The van der Waals surface area contributed by atoms with Crippen LogP contribution < -0.4 is 5.32 Å². The second kappa shape index (κ2) is 9.58. The summed E-state index contributed by atoms with van der Waals surface area (Å²) in [6.45, 7) is 3.55. The summed E-state index contributed by atoms with van der Waals surface area (Å²) in [7, 11) is 0. The fourth-order valence-electron chi connectivity index (χ4n) is 2.57. The lowest BCUT2D eigenvalue weighted by atomic mass is 10.1. The van der Waals surface area contributed by atoms with E-state index in [1.165, 1.54) is 17.0 Å². The number of carbonyl (C=O) groups is 3. The minimum atomic E-state index is -5.08. The minimum absolute atomic E-state index is 0.202. The Morgan fingerprint density at radius 1 is 1.16 bits per heavy atom. The first-order valence-electron chi connectivity index (χ1n) is 9.14. The van der Waals surface area contributed by atoms with Crippen LogP contribution >= 0.6 is 0 Å². The highest BCUT2D eigenvalue weighted by Crippen LogP contribution is 2.19. The van der Waals surface area contributed by atoms with Crippen LogP contribution in [-0.2, 0) is 9.59 Å². The molecule has 0 aliphatic carbocycles. The number of amides is 3. The number of alkyl halides is 3. The zero-order valence-electron chi connectivity index (χ0n) is 17.0. The third-order valence-electron chi connectivity index (χ3n) is 4.21. The summed E-state index contributed by atoms with van der Waals surface area (Å²) < 4.78 is 44.7. The van der Waals surface area contributed by atoms with Crippen LogP contribution in [0.1, 0.15) is 19.4 Å². The largest absolute Gasteiger partial charge is 0.490 e. The van der Waals surface area contributed by atoms with Gasteiger partial charge in [0.1, 0.15) is 11.4 Å². The molecule has 1 saturated heterocycles. The zero-order valence-corrected chi connectivity index (χ0v) is 17.0. The molecule has 0 bridgehead atoms. The molecule has 0 radical (unpaired) electrons. The third-order valence-corrected chi connectivity index (χ3v) is 4.21. The van der Waals surface area contributed by atoms with Crippen LogP contribution in [0.2, 0.25) is 0 Å². The van der Waals surface area contributed by atoms with Crippen molar-refractivity contribution in [1.82, 2.24) is 15.2 Å². The SMILES string of the molecule is CC1(C)NC(=O)N(C/C=C/c2ccc(-c3ccc(F)cc3)nc2)C1=O.O=C(O)C(F)(F)F. The molecule has 7 nitrogen and oxygen atoms in total. The molecule has 0 unspecified atom stereocenters. The van der Waals surface area contributed by atoms with Gasteiger partial charge >= 0.3 is 18.2 Å². The summed E-state index contributed by atoms with van der Waals surface area (Å²) in [6.07, 6.45) is 0.145. The maximum atomic E-state index is 13.0. The van der Waals surface area contributed by atoms with Crippen LogP contribution in [0, 0.1) is 5.82 Å². The van der Waals surface area contributed by atoms with E-state index in [4.69, 9.17) is 9.90 Å². The highest BCUT2D eigenvalue weighted by Gasteiger charge is 2.43. The van der Waals surface area contributed by atoms with Gasteiger partial charge < -0.3 is 10.4 Å². The molecule has 32 heavy (non-hydrogen) atoms. The monoisotopic (exact) mass is 453 g/mol. The Bertz CT molecular complexity index is 1020. The topological polar surface area (TPSA) is 99.6 Å². The predicted molar refractivity (Wildman–Crippen MR) is 107 cm³/mol. The first-order chi connectivity index (χ1) is 14.8. The fraction of sp³-hybridized carbons (Fsp3) is 0.238. The van der Waals surface area contributed by atoms with E-state index in [0.717, 1.165) is 16.8 Å². The summed E-state index contributed by atoms with van der Waals surface area (Å²) in [5.74, 6) is -3.29. The molecular weight excluding hydrogens is 434 g/mol. The number of carboxylic acids is 1. The van der Waals surface area contributed by atoms with Crippen molar-refractivity contribution in [2.75, 3.05) is 6.54 Å². The van der Waals surface area contributed by atoms with Crippen LogP contribution in [0.15, 0.2) is 48.7 Å². The number of nitrogens with zero attached hydrogens (tertiary/aromatic N) is 2. The van der Waals surface area contributed by atoms with Gasteiger partial charge in [0, 0.05) is 18.3 Å². The van der Waals surface area contributed by atoms with Gasteiger partial charge in [-0.25, -0.2) is 14.0 Å². The summed E-state index contributed by atoms with van der Waals surface area (Å²) in [5, 5.41) is 9.76. The van der Waals surface area contributed by atoms with Crippen molar-refractivity contribution in [3.8, 4) is 11.3 Å². The average Bonchev–Trinajstić information content (AvgIpc) is 2.90. The number of benzene rings is 1. The van der Waals surface area contributed by atoms with Crippen LogP contribution in [0.5, 0.6) is 0 Å². The molecule has 3 rings (SSSR count). The quantitative estimate of drug-likeness (QED) is 0.541. The van der Waals surface area contributed by atoms with Crippen molar-refractivity contribution in [3.05, 3.63) is 60.1 Å². The van der Waals surface area contributed by atoms with Crippen LogP contribution in [-0.4, -0.2) is 51.2 Å². The molecule has 11 heteroatoms. The van der Waals surface area contributed by atoms with Crippen molar-refractivity contribution in [2.45, 2.75) is 25.6 Å².